The standard InChI is InChI=1S/C18H27N3/c1-4-11-19-14-16(15-9-7-6-8-10-15)12-18-13-17(5-2)20-21(18)3/h6-10,13,16,19H,4-5,11-12,14H2,1-3H3. The van der Waals surface area contributed by atoms with Crippen LogP contribution in [0, 0.1) is 0 Å². The van der Waals surface area contributed by atoms with E-state index in [2.05, 4.69) is 67.7 Å². The molecule has 3 nitrogen and oxygen atoms in total. The molecule has 0 amide bonds. The van der Waals surface area contributed by atoms with Gasteiger partial charge in [0.2, 0.25) is 0 Å². The maximum atomic E-state index is 4.57. The van der Waals surface area contributed by atoms with E-state index in [-0.39, 0.29) is 0 Å². The van der Waals surface area contributed by atoms with E-state index in [0.29, 0.717) is 5.92 Å². The van der Waals surface area contributed by atoms with E-state index in [9.17, 15) is 0 Å². The zero-order chi connectivity index (χ0) is 15.1. The lowest BCUT2D eigenvalue weighted by molar-refractivity contribution is 0.557. The van der Waals surface area contributed by atoms with Crippen LogP contribution in [0.3, 0.4) is 0 Å². The molecule has 1 heterocycles. The van der Waals surface area contributed by atoms with Gasteiger partial charge in [0.1, 0.15) is 0 Å². The van der Waals surface area contributed by atoms with E-state index in [1.165, 1.54) is 23.4 Å². The number of aromatic nitrogens is 2. The predicted octanol–water partition coefficient (Wildman–Crippen LogP) is 3.31. The number of hydrogen-bond acceptors (Lipinski definition) is 2. The largest absolute Gasteiger partial charge is 0.316 e. The van der Waals surface area contributed by atoms with E-state index < -0.39 is 0 Å². The highest BCUT2D eigenvalue weighted by atomic mass is 15.3. The fourth-order valence-electron chi connectivity index (χ4n) is 2.67. The van der Waals surface area contributed by atoms with Crippen LogP contribution in [0.4, 0.5) is 0 Å². The summed E-state index contributed by atoms with van der Waals surface area (Å²) in [5, 5.41) is 8.13. The van der Waals surface area contributed by atoms with Gasteiger partial charge >= 0.3 is 0 Å². The molecule has 2 aromatic rings. The van der Waals surface area contributed by atoms with Crippen molar-refractivity contribution in [3.63, 3.8) is 0 Å². The zero-order valence-corrected chi connectivity index (χ0v) is 13.5. The first-order chi connectivity index (χ1) is 10.2. The first-order valence-corrected chi connectivity index (χ1v) is 8.02. The number of nitrogens with one attached hydrogen (secondary N) is 1. The Balaban J connectivity index is 2.13. The van der Waals surface area contributed by atoms with Gasteiger partial charge in [0.25, 0.3) is 0 Å². The van der Waals surface area contributed by atoms with Gasteiger partial charge in [-0.1, -0.05) is 44.2 Å². The molecule has 1 unspecified atom stereocenters. The van der Waals surface area contributed by atoms with Crippen molar-refractivity contribution < 1.29 is 0 Å². The normalized spacial score (nSPS) is 12.5. The summed E-state index contributed by atoms with van der Waals surface area (Å²) >= 11 is 0. The molecule has 0 bridgehead atoms. The second-order valence-corrected chi connectivity index (χ2v) is 5.62. The molecule has 0 aliphatic carbocycles. The zero-order valence-electron chi connectivity index (χ0n) is 13.5. The third kappa shape index (κ3) is 4.43. The van der Waals surface area contributed by atoms with Crippen LogP contribution in [-0.4, -0.2) is 22.9 Å². The molecular formula is C18H27N3. The Morgan fingerprint density at radius 3 is 2.57 bits per heavy atom. The SMILES string of the molecule is CCCNCC(Cc1cc(CC)nn1C)c1ccccc1. The third-order valence-electron chi connectivity index (χ3n) is 3.93. The Hall–Kier alpha value is -1.61. The Kier molecular flexibility index (Phi) is 6.00. The number of rotatable bonds is 8. The summed E-state index contributed by atoms with van der Waals surface area (Å²) in [4.78, 5) is 0. The molecule has 0 spiro atoms. The predicted molar refractivity (Wildman–Crippen MR) is 88.6 cm³/mol. The molecule has 1 aromatic carbocycles. The third-order valence-corrected chi connectivity index (χ3v) is 3.93. The van der Waals surface area contributed by atoms with Gasteiger partial charge in [0.15, 0.2) is 0 Å². The monoisotopic (exact) mass is 285 g/mol. The van der Waals surface area contributed by atoms with E-state index in [4.69, 9.17) is 0 Å². The van der Waals surface area contributed by atoms with Crippen molar-refractivity contribution >= 4 is 0 Å². The van der Waals surface area contributed by atoms with Gasteiger partial charge in [-0.25, -0.2) is 0 Å². The van der Waals surface area contributed by atoms with Crippen LogP contribution >= 0.6 is 0 Å². The van der Waals surface area contributed by atoms with Crippen LogP contribution in [0.1, 0.15) is 43.1 Å². The quantitative estimate of drug-likeness (QED) is 0.754. The summed E-state index contributed by atoms with van der Waals surface area (Å²) < 4.78 is 2.04. The van der Waals surface area contributed by atoms with Crippen LogP contribution in [0.2, 0.25) is 0 Å². The minimum absolute atomic E-state index is 0.498. The highest BCUT2D eigenvalue weighted by molar-refractivity contribution is 5.23. The summed E-state index contributed by atoms with van der Waals surface area (Å²) in [6.07, 6.45) is 3.20. The number of benzene rings is 1. The van der Waals surface area contributed by atoms with Gasteiger partial charge in [-0.2, -0.15) is 5.10 Å². The van der Waals surface area contributed by atoms with Crippen molar-refractivity contribution in [2.45, 2.75) is 39.0 Å². The topological polar surface area (TPSA) is 29.9 Å². The molecule has 0 aliphatic rings. The van der Waals surface area contributed by atoms with Gasteiger partial charge in [0.05, 0.1) is 5.69 Å². The minimum atomic E-state index is 0.498. The Morgan fingerprint density at radius 1 is 1.19 bits per heavy atom. The average Bonchev–Trinajstić information content (AvgIpc) is 2.87. The van der Waals surface area contributed by atoms with E-state index in [1.54, 1.807) is 0 Å². The van der Waals surface area contributed by atoms with Crippen LogP contribution in [-0.2, 0) is 19.9 Å². The van der Waals surface area contributed by atoms with E-state index >= 15 is 0 Å². The second-order valence-electron chi connectivity index (χ2n) is 5.62. The summed E-state index contributed by atoms with van der Waals surface area (Å²) in [5.74, 6) is 0.498. The molecule has 0 saturated heterocycles. The van der Waals surface area contributed by atoms with Crippen LogP contribution in [0.15, 0.2) is 36.4 Å². The summed E-state index contributed by atoms with van der Waals surface area (Å²) in [5.41, 5.74) is 3.90. The Bertz CT molecular complexity index is 531. The molecule has 114 valence electrons. The smallest absolute Gasteiger partial charge is 0.0624 e. The van der Waals surface area contributed by atoms with Gasteiger partial charge in [0, 0.05) is 25.2 Å². The summed E-state index contributed by atoms with van der Waals surface area (Å²) in [7, 11) is 2.05. The maximum absolute atomic E-state index is 4.57. The molecule has 3 heteroatoms. The molecule has 1 aromatic heterocycles. The van der Waals surface area contributed by atoms with Gasteiger partial charge in [-0.05, 0) is 37.4 Å². The fourth-order valence-corrected chi connectivity index (χ4v) is 2.67. The first kappa shape index (κ1) is 15.8. The van der Waals surface area contributed by atoms with Crippen molar-refractivity contribution in [3.8, 4) is 0 Å². The molecule has 0 saturated carbocycles. The second kappa shape index (κ2) is 7.99. The average molecular weight is 285 g/mol. The lowest BCUT2D eigenvalue weighted by Crippen LogP contribution is -2.24. The van der Waals surface area contributed by atoms with E-state index in [1.807, 2.05) is 4.68 Å². The highest BCUT2D eigenvalue weighted by Crippen LogP contribution is 2.20. The van der Waals surface area contributed by atoms with Crippen molar-refractivity contribution in [2.75, 3.05) is 13.1 Å². The summed E-state index contributed by atoms with van der Waals surface area (Å²) in [6.45, 7) is 6.46. The summed E-state index contributed by atoms with van der Waals surface area (Å²) in [6, 6.07) is 13.0. The lowest BCUT2D eigenvalue weighted by Gasteiger charge is -2.18. The fraction of sp³-hybridized carbons (Fsp3) is 0.500. The molecular weight excluding hydrogens is 258 g/mol. The van der Waals surface area contributed by atoms with Crippen molar-refractivity contribution in [3.05, 3.63) is 53.3 Å². The van der Waals surface area contributed by atoms with Gasteiger partial charge in [-0.3, -0.25) is 4.68 Å². The van der Waals surface area contributed by atoms with Crippen LogP contribution in [0.25, 0.3) is 0 Å². The maximum Gasteiger partial charge on any atom is 0.0624 e. The molecule has 0 fully saturated rings. The minimum Gasteiger partial charge on any atom is -0.316 e. The molecule has 0 aliphatic heterocycles. The van der Waals surface area contributed by atoms with E-state index in [0.717, 1.165) is 25.9 Å². The van der Waals surface area contributed by atoms with Crippen molar-refractivity contribution in [1.29, 1.82) is 0 Å². The van der Waals surface area contributed by atoms with Crippen LogP contribution in [0.5, 0.6) is 0 Å². The molecule has 1 atom stereocenters. The first-order valence-electron chi connectivity index (χ1n) is 8.02. The molecule has 1 N–H and O–H groups in total. The van der Waals surface area contributed by atoms with Crippen molar-refractivity contribution in [2.24, 2.45) is 7.05 Å². The number of nitrogens with zero attached hydrogens (tertiary/aromatic N) is 2. The lowest BCUT2D eigenvalue weighted by atomic mass is 9.94. The van der Waals surface area contributed by atoms with Crippen LogP contribution < -0.4 is 5.32 Å². The van der Waals surface area contributed by atoms with Crippen molar-refractivity contribution in [1.82, 2.24) is 15.1 Å². The highest BCUT2D eigenvalue weighted by Gasteiger charge is 2.15. The molecule has 21 heavy (non-hydrogen) atoms. The number of aryl methyl sites for hydroxylation is 2. The molecule has 0 radical (unpaired) electrons. The molecule has 2 rings (SSSR count). The number of hydrogen-bond donors (Lipinski definition) is 1. The van der Waals surface area contributed by atoms with Gasteiger partial charge in [-0.15, -0.1) is 0 Å². The van der Waals surface area contributed by atoms with Gasteiger partial charge < -0.3 is 5.32 Å². The Morgan fingerprint density at radius 2 is 1.95 bits per heavy atom. The Labute approximate surface area is 128 Å².